The van der Waals surface area contributed by atoms with Crippen molar-refractivity contribution < 1.29 is 19.8 Å². The Morgan fingerprint density at radius 3 is 2.50 bits per heavy atom. The normalized spacial score (nSPS) is 17.1. The minimum Gasteiger partial charge on any atom is -0.480 e. The fraction of sp³-hybridized carbons (Fsp3) is 0.714. The Morgan fingerprint density at radius 2 is 2.07 bits per heavy atom. The number of carboxylic acids is 1. The number of nitrogens with two attached hydrogens (primary N) is 2. The number of thioether (sulfide) groups is 1. The molecule has 0 amide bonds. The van der Waals surface area contributed by atoms with Crippen molar-refractivity contribution in [2.24, 2.45) is 11.5 Å². The van der Waals surface area contributed by atoms with Crippen LogP contribution in [-0.2, 0) is 9.59 Å². The average molecular weight is 222 g/mol. The van der Waals surface area contributed by atoms with E-state index in [2.05, 4.69) is 0 Å². The second-order valence-corrected chi connectivity index (χ2v) is 3.98. The molecule has 0 bridgehead atoms. The van der Waals surface area contributed by atoms with E-state index >= 15 is 0 Å². The van der Waals surface area contributed by atoms with E-state index in [-0.39, 0.29) is 12.2 Å². The fourth-order valence-electron chi connectivity index (χ4n) is 0.648. The highest BCUT2D eigenvalue weighted by Gasteiger charge is 2.17. The Labute approximate surface area is 85.6 Å². The first kappa shape index (κ1) is 13.4. The van der Waals surface area contributed by atoms with Gasteiger partial charge >= 0.3 is 5.97 Å². The van der Waals surface area contributed by atoms with Gasteiger partial charge in [0, 0.05) is 12.2 Å². The summed E-state index contributed by atoms with van der Waals surface area (Å²) in [5.41, 5.74) is 9.54. The molecule has 0 radical (unpaired) electrons. The van der Waals surface area contributed by atoms with Gasteiger partial charge in [0.25, 0.3) is 0 Å². The molecule has 0 saturated heterocycles. The summed E-state index contributed by atoms with van der Waals surface area (Å²) in [5, 5.41) is 17.7. The lowest BCUT2D eigenvalue weighted by atomic mass is 10.2. The summed E-state index contributed by atoms with van der Waals surface area (Å²) in [5.74, 6) is -0.916. The summed E-state index contributed by atoms with van der Waals surface area (Å²) < 4.78 is 0. The molecule has 14 heavy (non-hydrogen) atoms. The molecule has 6 nitrogen and oxygen atoms in total. The fourth-order valence-corrected chi connectivity index (χ4v) is 1.51. The van der Waals surface area contributed by atoms with Crippen molar-refractivity contribution in [2.45, 2.75) is 23.9 Å². The van der Waals surface area contributed by atoms with Crippen LogP contribution in [0.1, 0.15) is 6.42 Å². The minimum atomic E-state index is -1.16. The van der Waals surface area contributed by atoms with Gasteiger partial charge in [-0.2, -0.15) is 0 Å². The van der Waals surface area contributed by atoms with Gasteiger partial charge in [-0.05, 0) is 0 Å². The molecule has 0 fully saturated rings. The topological polar surface area (TPSA) is 127 Å². The van der Waals surface area contributed by atoms with E-state index in [1.807, 2.05) is 0 Å². The van der Waals surface area contributed by atoms with Crippen LogP contribution in [0.25, 0.3) is 0 Å². The first-order valence-electron chi connectivity index (χ1n) is 3.96. The van der Waals surface area contributed by atoms with Crippen molar-refractivity contribution in [1.82, 2.24) is 0 Å². The summed E-state index contributed by atoms with van der Waals surface area (Å²) in [7, 11) is 0. The maximum atomic E-state index is 10.3. The van der Waals surface area contributed by atoms with Crippen LogP contribution in [0.3, 0.4) is 0 Å². The number of carboxylic acid groups (broad SMARTS) is 1. The zero-order chi connectivity index (χ0) is 11.1. The number of rotatable bonds is 7. The number of carbonyl (C=O) groups is 2. The molecule has 0 aromatic rings. The molecule has 0 aromatic heterocycles. The number of hydrogen-bond donors (Lipinski definition) is 4. The molecule has 0 saturated carbocycles. The van der Waals surface area contributed by atoms with Crippen LogP contribution >= 0.6 is 11.8 Å². The van der Waals surface area contributed by atoms with Gasteiger partial charge in [0.05, 0.1) is 6.04 Å². The van der Waals surface area contributed by atoms with E-state index in [0.29, 0.717) is 6.29 Å². The zero-order valence-corrected chi connectivity index (χ0v) is 8.31. The molecule has 3 atom stereocenters. The molecule has 6 N–H and O–H groups in total. The molecule has 0 spiro atoms. The number of aliphatic hydroxyl groups excluding tert-OH is 1. The minimum absolute atomic E-state index is 0.0639. The lowest BCUT2D eigenvalue weighted by molar-refractivity contribution is -0.139. The molecular formula is C7H14N2O4S. The first-order chi connectivity index (χ1) is 6.47. The van der Waals surface area contributed by atoms with Gasteiger partial charge in [0.2, 0.25) is 0 Å². The summed E-state index contributed by atoms with van der Waals surface area (Å²) in [6.07, 6.45) is 0.502. The summed E-state index contributed by atoms with van der Waals surface area (Å²) in [6, 6.07) is -1.74. The van der Waals surface area contributed by atoms with Gasteiger partial charge in [0.1, 0.15) is 17.8 Å². The molecule has 0 rings (SSSR count). The molecule has 0 aromatic carbocycles. The third kappa shape index (κ3) is 5.92. The van der Waals surface area contributed by atoms with E-state index in [9.17, 15) is 14.7 Å². The standard InChI is InChI=1S/C7H14N2O4S/c8-4(2-10)3-14-6(11)1-5(9)7(12)13/h2,4-6,11H,1,3,8-9H2,(H,12,13)/t4-,5+,6+/m0/s1. The van der Waals surface area contributed by atoms with Gasteiger partial charge in [-0.15, -0.1) is 11.8 Å². The number of aliphatic carboxylic acids is 1. The Hall–Kier alpha value is -0.630. The Kier molecular flexibility index (Phi) is 6.46. The first-order valence-corrected chi connectivity index (χ1v) is 5.01. The molecule has 0 aliphatic carbocycles. The third-order valence-corrected chi connectivity index (χ3v) is 2.58. The summed E-state index contributed by atoms with van der Waals surface area (Å²) in [4.78, 5) is 20.4. The maximum absolute atomic E-state index is 10.3. The highest BCUT2D eigenvalue weighted by Crippen LogP contribution is 2.13. The molecule has 0 heterocycles. The number of aldehydes is 1. The van der Waals surface area contributed by atoms with Crippen molar-refractivity contribution in [3.8, 4) is 0 Å². The molecule has 0 aliphatic rings. The zero-order valence-electron chi connectivity index (χ0n) is 7.50. The van der Waals surface area contributed by atoms with Crippen molar-refractivity contribution in [3.05, 3.63) is 0 Å². The Balaban J connectivity index is 3.69. The van der Waals surface area contributed by atoms with Crippen molar-refractivity contribution in [2.75, 3.05) is 5.75 Å². The monoisotopic (exact) mass is 222 g/mol. The number of hydrogen-bond acceptors (Lipinski definition) is 6. The number of carbonyl (C=O) groups excluding carboxylic acids is 1. The number of aliphatic hydroxyl groups is 1. The largest absolute Gasteiger partial charge is 0.480 e. The van der Waals surface area contributed by atoms with Crippen molar-refractivity contribution in [1.29, 1.82) is 0 Å². The lowest BCUT2D eigenvalue weighted by Crippen LogP contribution is -2.34. The molecule has 0 aliphatic heterocycles. The van der Waals surface area contributed by atoms with Crippen LogP contribution in [0.5, 0.6) is 0 Å². The average Bonchev–Trinajstić information content (AvgIpc) is 2.13. The second kappa shape index (κ2) is 6.77. The second-order valence-electron chi connectivity index (χ2n) is 2.77. The molecule has 82 valence electrons. The third-order valence-electron chi connectivity index (χ3n) is 1.43. The predicted molar refractivity (Wildman–Crippen MR) is 52.7 cm³/mol. The van der Waals surface area contributed by atoms with E-state index in [4.69, 9.17) is 16.6 Å². The highest BCUT2D eigenvalue weighted by atomic mass is 32.2. The van der Waals surface area contributed by atoms with Crippen molar-refractivity contribution >= 4 is 24.0 Å². The smallest absolute Gasteiger partial charge is 0.320 e. The quantitative estimate of drug-likeness (QED) is 0.301. The maximum Gasteiger partial charge on any atom is 0.320 e. The van der Waals surface area contributed by atoms with E-state index < -0.39 is 23.5 Å². The van der Waals surface area contributed by atoms with Gasteiger partial charge in [-0.1, -0.05) is 0 Å². The Bertz CT molecular complexity index is 202. The molecule has 7 heteroatoms. The van der Waals surface area contributed by atoms with Crippen LogP contribution in [-0.4, -0.2) is 45.7 Å². The van der Waals surface area contributed by atoms with Gasteiger partial charge in [0.15, 0.2) is 0 Å². The summed E-state index contributed by atoms with van der Waals surface area (Å²) >= 11 is 1.01. The highest BCUT2D eigenvalue weighted by molar-refractivity contribution is 7.99. The predicted octanol–water partition coefficient (Wildman–Crippen LogP) is -1.63. The molecular weight excluding hydrogens is 208 g/mol. The van der Waals surface area contributed by atoms with E-state index in [1.165, 1.54) is 0 Å². The van der Waals surface area contributed by atoms with Crippen LogP contribution in [0.4, 0.5) is 0 Å². The van der Waals surface area contributed by atoms with Gasteiger partial charge < -0.3 is 26.5 Å². The Morgan fingerprint density at radius 1 is 1.50 bits per heavy atom. The van der Waals surface area contributed by atoms with Crippen molar-refractivity contribution in [3.63, 3.8) is 0 Å². The van der Waals surface area contributed by atoms with Crippen LogP contribution in [0.2, 0.25) is 0 Å². The van der Waals surface area contributed by atoms with Gasteiger partial charge in [-0.3, -0.25) is 4.79 Å². The van der Waals surface area contributed by atoms with E-state index in [0.717, 1.165) is 11.8 Å². The SMILES string of the molecule is N[C@H](C[C@H](O)SC[C@@H](N)C=O)C(=O)O. The molecule has 0 unspecified atom stereocenters. The van der Waals surface area contributed by atoms with Crippen LogP contribution < -0.4 is 11.5 Å². The summed E-state index contributed by atoms with van der Waals surface area (Å²) in [6.45, 7) is 0. The van der Waals surface area contributed by atoms with Gasteiger partial charge in [-0.25, -0.2) is 0 Å². The lowest BCUT2D eigenvalue weighted by Gasteiger charge is -2.13. The van der Waals surface area contributed by atoms with Crippen LogP contribution in [0.15, 0.2) is 0 Å². The van der Waals surface area contributed by atoms with Crippen LogP contribution in [0, 0.1) is 0 Å². The van der Waals surface area contributed by atoms with E-state index in [1.54, 1.807) is 0 Å².